The van der Waals surface area contributed by atoms with Gasteiger partial charge in [-0.25, -0.2) is 14.4 Å². The van der Waals surface area contributed by atoms with Crippen LogP contribution in [-0.2, 0) is 38.1 Å². The van der Waals surface area contributed by atoms with Crippen LogP contribution in [0.15, 0.2) is 41.5 Å². The van der Waals surface area contributed by atoms with Crippen LogP contribution in [0.25, 0.3) is 0 Å². The predicted octanol–water partition coefficient (Wildman–Crippen LogP) is 3.82. The van der Waals surface area contributed by atoms with Crippen LogP contribution in [0.3, 0.4) is 0 Å². The van der Waals surface area contributed by atoms with Crippen molar-refractivity contribution in [3.8, 4) is 0 Å². The van der Waals surface area contributed by atoms with Crippen molar-refractivity contribution in [2.75, 3.05) is 6.61 Å². The molecule has 4 aliphatic carbocycles. The van der Waals surface area contributed by atoms with Gasteiger partial charge in [0, 0.05) is 69.2 Å². The Morgan fingerprint density at radius 3 is 2.12 bits per heavy atom. The number of Topliss-reactive ketones (excluding diaryl/α,β-unsaturated/α-hetero) is 1. The van der Waals surface area contributed by atoms with Crippen molar-refractivity contribution >= 4 is 29.8 Å². The molecule has 1 heterocycles. The molecular formula is C42H57AcNO13. The third kappa shape index (κ3) is 8.24. The summed E-state index contributed by atoms with van der Waals surface area (Å²) in [4.78, 5) is 69.0. The van der Waals surface area contributed by atoms with E-state index in [1.54, 1.807) is 58.0 Å². The second kappa shape index (κ2) is 15.9. The Balaban J connectivity index is 0.00000620. The summed E-state index contributed by atoms with van der Waals surface area (Å²) in [5.74, 6) is -5.65. The number of carbonyl (C=O) groups is 5. The van der Waals surface area contributed by atoms with Crippen LogP contribution in [-0.4, -0.2) is 106 Å². The second-order valence-electron chi connectivity index (χ2n) is 18.9. The zero-order valence-corrected chi connectivity index (χ0v) is 39.2. The van der Waals surface area contributed by atoms with Crippen molar-refractivity contribution in [3.63, 3.8) is 0 Å². The largest absolute Gasteiger partial charge is 0.458 e. The average molecular weight is 1010 g/mol. The zero-order valence-electron chi connectivity index (χ0n) is 34.5. The Bertz CT molecular complexity index is 1810. The van der Waals surface area contributed by atoms with E-state index in [-0.39, 0.29) is 80.4 Å². The predicted molar refractivity (Wildman–Crippen MR) is 199 cm³/mol. The summed E-state index contributed by atoms with van der Waals surface area (Å²) in [6.07, 6.45) is -8.43. The fourth-order valence-electron chi connectivity index (χ4n) is 10.0. The summed E-state index contributed by atoms with van der Waals surface area (Å²) < 4.78 is 29.6. The van der Waals surface area contributed by atoms with Crippen LogP contribution >= 0.6 is 0 Å². The molecule has 1 aromatic rings. The van der Waals surface area contributed by atoms with Crippen LogP contribution in [0.1, 0.15) is 98.9 Å². The molecule has 4 N–H and O–H groups in total. The Hall–Kier alpha value is -2.41. The van der Waals surface area contributed by atoms with E-state index < -0.39 is 106 Å². The topological polar surface area (TPSA) is 204 Å². The fourth-order valence-corrected chi connectivity index (χ4v) is 10.0. The fraction of sp³-hybridized carbons (Fsp3) is 0.690. The molecule has 0 spiro atoms. The molecular weight excluding hydrogens is 953 g/mol. The number of esters is 3. The average Bonchev–Trinajstić information content (AvgIpc) is 3.73. The van der Waals surface area contributed by atoms with Crippen LogP contribution in [0, 0.1) is 78.1 Å². The number of hydrogen-bond donors (Lipinski definition) is 4. The SMILES string of the molecule is CC(=O)OC1C(=O)[C@]2(C)C(O)CC3OCC3(O)C2[C@H](OC(=O)c2ccccc2)C2CC(OC(=O)C(O)C(NC(=O)OC(C)(C)C)C3CC3(C)C)C(C)=C1C2(C)C.[Ac]. The number of aliphatic hydroxyl groups excluding tert-OH is 2. The van der Waals surface area contributed by atoms with Gasteiger partial charge in [0.15, 0.2) is 18.0 Å². The van der Waals surface area contributed by atoms with E-state index >= 15 is 4.79 Å². The van der Waals surface area contributed by atoms with E-state index in [4.69, 9.17) is 23.7 Å². The molecule has 4 fully saturated rings. The van der Waals surface area contributed by atoms with Crippen LogP contribution in [0.4, 0.5) is 4.79 Å². The van der Waals surface area contributed by atoms with Crippen molar-refractivity contribution in [2.24, 2.45) is 34.0 Å². The molecule has 1 aliphatic heterocycles. The minimum Gasteiger partial charge on any atom is -0.458 e. The van der Waals surface area contributed by atoms with E-state index in [2.05, 4.69) is 5.32 Å². The number of alkyl carbamates (subject to hydrolysis) is 1. The molecule has 2 bridgehead atoms. The van der Waals surface area contributed by atoms with Gasteiger partial charge < -0.3 is 44.3 Å². The van der Waals surface area contributed by atoms with Crippen molar-refractivity contribution in [1.29, 1.82) is 0 Å². The van der Waals surface area contributed by atoms with Gasteiger partial charge in [-0.3, -0.25) is 9.59 Å². The van der Waals surface area contributed by atoms with E-state index in [0.717, 1.165) is 6.92 Å². The number of ketones is 1. The van der Waals surface area contributed by atoms with Gasteiger partial charge in [0.25, 0.3) is 0 Å². The first kappa shape index (κ1) is 45.7. The first-order valence-corrected chi connectivity index (χ1v) is 19.4. The van der Waals surface area contributed by atoms with Gasteiger partial charge in [-0.2, -0.15) is 0 Å². The number of carbonyl (C=O) groups excluding carboxylic acids is 5. The second-order valence-corrected chi connectivity index (χ2v) is 18.9. The quantitative estimate of drug-likeness (QED) is 0.167. The van der Waals surface area contributed by atoms with Crippen LogP contribution in [0.2, 0.25) is 0 Å². The molecule has 12 atom stereocenters. The summed E-state index contributed by atoms with van der Waals surface area (Å²) in [6, 6.07) is 7.16. The van der Waals surface area contributed by atoms with Crippen LogP contribution < -0.4 is 5.32 Å². The molecule has 3 saturated carbocycles. The van der Waals surface area contributed by atoms with Gasteiger partial charge in [-0.1, -0.05) is 45.9 Å². The first-order chi connectivity index (χ1) is 25.8. The summed E-state index contributed by atoms with van der Waals surface area (Å²) in [7, 11) is 0. The van der Waals surface area contributed by atoms with E-state index in [1.165, 1.54) is 6.92 Å². The van der Waals surface area contributed by atoms with Crippen molar-refractivity contribution in [3.05, 3.63) is 47.0 Å². The molecule has 311 valence electrons. The normalized spacial score (nSPS) is 35.8. The Morgan fingerprint density at radius 2 is 1.60 bits per heavy atom. The molecule has 6 rings (SSSR count). The number of amides is 1. The molecule has 1 saturated heterocycles. The zero-order chi connectivity index (χ0) is 41.5. The van der Waals surface area contributed by atoms with Gasteiger partial charge in [-0.15, -0.1) is 0 Å². The maximum atomic E-state index is 15.2. The minimum atomic E-state index is -1.82. The third-order valence-electron chi connectivity index (χ3n) is 13.2. The number of nitrogens with one attached hydrogen (secondary N) is 1. The molecule has 10 unspecified atom stereocenters. The molecule has 57 heavy (non-hydrogen) atoms. The van der Waals surface area contributed by atoms with E-state index in [1.807, 2.05) is 27.7 Å². The number of benzene rings is 1. The van der Waals surface area contributed by atoms with Crippen molar-refractivity contribution in [1.82, 2.24) is 5.32 Å². The van der Waals surface area contributed by atoms with Gasteiger partial charge in [0.05, 0.1) is 35.8 Å². The van der Waals surface area contributed by atoms with E-state index in [0.29, 0.717) is 17.6 Å². The standard InChI is InChI=1S/C42H57NO13.Ac/c1-20-25(54-36(49)30(46)29(24-18-39(24,6)7)43-37(50)56-38(3,4)5)16-23-31(55-35(48)22-14-12-11-13-15-22)33-41(10,26(45)17-27-42(33,51)19-52-27)34(47)32(53-21(2)44)28(20)40(23,8)9;/h11-15,23-27,29-33,45-46,51H,16-19H2,1-10H3,(H,43,50);/t23?,24?,25?,26?,27?,29?,30?,31-,32?,33?,41-,42?;/m1./s1. The molecule has 1 aromatic carbocycles. The first-order valence-electron chi connectivity index (χ1n) is 19.4. The molecule has 14 nitrogen and oxygen atoms in total. The van der Waals surface area contributed by atoms with Gasteiger partial charge in [0.1, 0.15) is 23.4 Å². The molecule has 1 radical (unpaired) electrons. The summed E-state index contributed by atoms with van der Waals surface area (Å²) in [5, 5.41) is 38.5. The summed E-state index contributed by atoms with van der Waals surface area (Å²) >= 11 is 0. The van der Waals surface area contributed by atoms with Crippen molar-refractivity contribution in [2.45, 2.75) is 142 Å². The molecule has 0 aromatic heterocycles. The number of ether oxygens (including phenoxy) is 5. The minimum absolute atomic E-state index is 0. The van der Waals surface area contributed by atoms with Gasteiger partial charge in [-0.05, 0) is 87.5 Å². The molecule has 5 aliphatic rings. The molecule has 15 heteroatoms. The number of rotatable bonds is 8. The Kier molecular flexibility index (Phi) is 12.7. The monoisotopic (exact) mass is 1010 g/mol. The van der Waals surface area contributed by atoms with Gasteiger partial charge >= 0.3 is 24.0 Å². The number of fused-ring (bicyclic) bond motifs is 5. The van der Waals surface area contributed by atoms with Gasteiger partial charge in [0.2, 0.25) is 0 Å². The Morgan fingerprint density at radius 1 is 0.982 bits per heavy atom. The summed E-state index contributed by atoms with van der Waals surface area (Å²) in [5.41, 5.74) is -4.92. The smallest absolute Gasteiger partial charge is 0.407 e. The number of hydrogen-bond acceptors (Lipinski definition) is 13. The summed E-state index contributed by atoms with van der Waals surface area (Å²) in [6.45, 7) is 16.7. The van der Waals surface area contributed by atoms with E-state index in [9.17, 15) is 34.5 Å². The third-order valence-corrected chi connectivity index (χ3v) is 13.2. The molecule has 1 amide bonds. The van der Waals surface area contributed by atoms with Crippen LogP contribution in [0.5, 0.6) is 0 Å². The van der Waals surface area contributed by atoms with Crippen molar-refractivity contribution < 1.29 is 107 Å². The maximum Gasteiger partial charge on any atom is 0.407 e. The number of aliphatic hydroxyl groups is 3. The maximum absolute atomic E-state index is 15.2. The Labute approximate surface area is 369 Å².